The molecule has 290 valence electrons. The number of phenolic OH excluding ortho intramolecular Hbond substituents is 4. The van der Waals surface area contributed by atoms with Gasteiger partial charge in [-0.25, -0.2) is 11.1 Å². The van der Waals surface area contributed by atoms with Crippen LogP contribution >= 0.6 is 0 Å². The van der Waals surface area contributed by atoms with Gasteiger partial charge in [-0.15, -0.1) is 0 Å². The van der Waals surface area contributed by atoms with E-state index >= 15 is 0 Å². The number of carbonyl (C=O) groups is 2. The molecule has 0 atom stereocenters. The summed E-state index contributed by atoms with van der Waals surface area (Å²) < 4.78 is 69.9. The third-order valence-electron chi connectivity index (χ3n) is 9.20. The number of fused-ring (bicyclic) bond motifs is 2. The second kappa shape index (κ2) is 14.5. The fourth-order valence-electron chi connectivity index (χ4n) is 6.47. The molecule has 1 aliphatic carbocycles. The van der Waals surface area contributed by atoms with Gasteiger partial charge in [0.2, 0.25) is 0 Å². The maximum atomic E-state index is 14.4. The van der Waals surface area contributed by atoms with Crippen LogP contribution in [-0.4, -0.2) is 53.4 Å². The van der Waals surface area contributed by atoms with Gasteiger partial charge in [0.05, 0.1) is 22.5 Å². The minimum atomic E-state index is -5.04. The van der Waals surface area contributed by atoms with Gasteiger partial charge in [-0.1, -0.05) is 72.8 Å². The zero-order valence-corrected chi connectivity index (χ0v) is 30.9. The third kappa shape index (κ3) is 6.83. The van der Waals surface area contributed by atoms with Gasteiger partial charge in [-0.3, -0.25) is 14.1 Å². The number of ketones is 2. The van der Waals surface area contributed by atoms with Crippen molar-refractivity contribution in [1.82, 2.24) is 0 Å². The first-order valence-electron chi connectivity index (χ1n) is 16.6. The van der Waals surface area contributed by atoms with Crippen molar-refractivity contribution in [3.05, 3.63) is 137 Å². The molecule has 58 heavy (non-hydrogen) atoms. The first-order chi connectivity index (χ1) is 27.5. The van der Waals surface area contributed by atoms with Crippen LogP contribution in [0.4, 0.5) is 11.4 Å². The molecule has 0 heterocycles. The molecular weight excluding hydrogens is 793 g/mol. The zero-order valence-electron chi connectivity index (χ0n) is 29.3. The lowest BCUT2D eigenvalue weighted by atomic mass is 9.84. The second-order valence-electron chi connectivity index (χ2n) is 12.6. The van der Waals surface area contributed by atoms with Crippen molar-refractivity contribution in [3.8, 4) is 51.0 Å². The topological polar surface area (TPSA) is 285 Å². The molecule has 0 fully saturated rings. The van der Waals surface area contributed by atoms with Crippen molar-refractivity contribution < 1.29 is 55.6 Å². The Morgan fingerprint density at radius 3 is 1.79 bits per heavy atom. The number of nitrogens with zero attached hydrogens (tertiary/aromatic N) is 2. The molecule has 0 aliphatic heterocycles. The number of aromatic hydroxyl groups is 4. The summed E-state index contributed by atoms with van der Waals surface area (Å²) in [6.45, 7) is 0. The minimum Gasteiger partial charge on any atom is -0.504 e. The molecule has 0 saturated carbocycles. The SMILES string of the molecule is N=Nc1cc(O)c(O)cc1-c1ccc(C=Cc2ccc(-c3c(N=N)ccc(O)c3O)cc2S(=O)(=O)O)c(S(=O)(=O)Oc2cccc3c2C(=O)c2ccccc2C3=O)c1. The molecule has 0 bridgehead atoms. The molecule has 16 nitrogen and oxygen atoms in total. The maximum Gasteiger partial charge on any atom is 0.339 e. The summed E-state index contributed by atoms with van der Waals surface area (Å²) in [5.74, 6) is -4.22. The average molecular weight is 819 g/mol. The summed E-state index contributed by atoms with van der Waals surface area (Å²) in [6.07, 6.45) is 2.30. The van der Waals surface area contributed by atoms with E-state index in [9.17, 15) is 51.4 Å². The highest BCUT2D eigenvalue weighted by molar-refractivity contribution is 7.87. The Hall–Kier alpha value is -7.54. The minimum absolute atomic E-state index is 0.00462. The molecule has 6 aromatic rings. The Bertz CT molecular complexity index is 3050. The highest BCUT2D eigenvalue weighted by Crippen LogP contribution is 2.45. The normalized spacial score (nSPS) is 12.6. The highest BCUT2D eigenvalue weighted by atomic mass is 32.2. The van der Waals surface area contributed by atoms with Crippen LogP contribution in [-0.2, 0) is 20.2 Å². The average Bonchev–Trinajstić information content (AvgIpc) is 3.20. The van der Waals surface area contributed by atoms with E-state index in [4.69, 9.17) is 15.2 Å². The standard InChI is InChI=1S/C40H26N4O12S2/c41-43-28-14-15-30(45)40(50)36(28)23-13-11-20(34(17-23)57(51,52)53)8-9-21-10-12-22(27-18-31(46)32(47)19-29(27)44-42)16-35(21)58(54,55)56-33-7-3-6-26-37(33)39(49)25-5-2-1-4-24(25)38(26)48/h1-19,41-42,45-47,50H,(H,51,52,53). The number of benzene rings is 6. The summed E-state index contributed by atoms with van der Waals surface area (Å²) in [4.78, 5) is 25.7. The molecule has 18 heteroatoms. The summed E-state index contributed by atoms with van der Waals surface area (Å²) >= 11 is 0. The van der Waals surface area contributed by atoms with E-state index in [1.807, 2.05) is 0 Å². The fraction of sp³-hybridized carbons (Fsp3) is 0. The van der Waals surface area contributed by atoms with Gasteiger partial charge in [0.1, 0.15) is 9.79 Å². The van der Waals surface area contributed by atoms with E-state index < -0.39 is 70.3 Å². The summed E-state index contributed by atoms with van der Waals surface area (Å²) in [5, 5.41) is 47.5. The van der Waals surface area contributed by atoms with Crippen LogP contribution < -0.4 is 4.18 Å². The molecule has 0 saturated heterocycles. The molecule has 7 N–H and O–H groups in total. The number of nitrogens with one attached hydrogen (secondary N) is 2. The molecule has 0 aromatic heterocycles. The van der Waals surface area contributed by atoms with Gasteiger partial charge in [0.15, 0.2) is 40.3 Å². The molecule has 0 amide bonds. The van der Waals surface area contributed by atoms with Crippen molar-refractivity contribution in [2.75, 3.05) is 0 Å². The van der Waals surface area contributed by atoms with Gasteiger partial charge in [-0.2, -0.15) is 27.1 Å². The Morgan fingerprint density at radius 2 is 1.14 bits per heavy atom. The Morgan fingerprint density at radius 1 is 0.552 bits per heavy atom. The largest absolute Gasteiger partial charge is 0.504 e. The molecule has 0 unspecified atom stereocenters. The number of carbonyl (C=O) groups excluding carboxylic acids is 2. The first kappa shape index (κ1) is 38.7. The van der Waals surface area contributed by atoms with Crippen LogP contribution in [0.3, 0.4) is 0 Å². The molecular formula is C40H26N4O12S2. The monoisotopic (exact) mass is 818 g/mol. The van der Waals surface area contributed by atoms with Crippen LogP contribution in [0.5, 0.6) is 28.7 Å². The van der Waals surface area contributed by atoms with Gasteiger partial charge < -0.3 is 24.6 Å². The van der Waals surface area contributed by atoms with E-state index in [2.05, 4.69) is 10.2 Å². The predicted octanol–water partition coefficient (Wildman–Crippen LogP) is 8.13. The fourth-order valence-corrected chi connectivity index (χ4v) is 8.34. The molecule has 0 spiro atoms. The Labute approximate surface area is 328 Å². The Balaban J connectivity index is 1.38. The molecule has 7 rings (SSSR count). The van der Waals surface area contributed by atoms with E-state index in [0.29, 0.717) is 0 Å². The number of rotatable bonds is 10. The predicted molar refractivity (Wildman–Crippen MR) is 206 cm³/mol. The van der Waals surface area contributed by atoms with Gasteiger partial charge in [0, 0.05) is 28.3 Å². The summed E-state index contributed by atoms with van der Waals surface area (Å²) in [7, 11) is -10.1. The van der Waals surface area contributed by atoms with Crippen molar-refractivity contribution >= 4 is 55.3 Å². The number of hydrogen-bond donors (Lipinski definition) is 7. The van der Waals surface area contributed by atoms with Crippen LogP contribution in [0.25, 0.3) is 34.4 Å². The lowest BCUT2D eigenvalue weighted by Gasteiger charge is -2.20. The van der Waals surface area contributed by atoms with Crippen molar-refractivity contribution in [2.24, 2.45) is 10.2 Å². The number of phenols is 4. The first-order valence-corrected chi connectivity index (χ1v) is 19.4. The van der Waals surface area contributed by atoms with E-state index in [1.165, 1.54) is 60.7 Å². The lowest BCUT2D eigenvalue weighted by molar-refractivity contribution is 0.0977. The number of hydrogen-bond acceptors (Lipinski definition) is 15. The molecule has 0 radical (unpaired) electrons. The van der Waals surface area contributed by atoms with Crippen molar-refractivity contribution in [2.45, 2.75) is 9.79 Å². The quantitative estimate of drug-likeness (QED) is 0.0226. The van der Waals surface area contributed by atoms with E-state index in [0.717, 1.165) is 42.5 Å². The van der Waals surface area contributed by atoms with Crippen LogP contribution in [0.15, 0.2) is 123 Å². The Kier molecular flexibility index (Phi) is 9.69. The maximum absolute atomic E-state index is 14.4. The smallest absolute Gasteiger partial charge is 0.339 e. The molecule has 6 aromatic carbocycles. The highest BCUT2D eigenvalue weighted by Gasteiger charge is 2.34. The van der Waals surface area contributed by atoms with Gasteiger partial charge in [0.25, 0.3) is 10.1 Å². The summed E-state index contributed by atoms with van der Waals surface area (Å²) in [5.41, 5.74) is 13.9. The van der Waals surface area contributed by atoms with Crippen LogP contribution in [0.1, 0.15) is 43.0 Å². The third-order valence-corrected chi connectivity index (χ3v) is 11.4. The van der Waals surface area contributed by atoms with Crippen molar-refractivity contribution in [1.29, 1.82) is 11.1 Å². The van der Waals surface area contributed by atoms with Gasteiger partial charge in [-0.05, 0) is 58.7 Å². The van der Waals surface area contributed by atoms with Crippen LogP contribution in [0.2, 0.25) is 0 Å². The lowest BCUT2D eigenvalue weighted by Crippen LogP contribution is -2.23. The van der Waals surface area contributed by atoms with Gasteiger partial charge >= 0.3 is 10.1 Å². The summed E-state index contributed by atoms with van der Waals surface area (Å²) in [6, 6.07) is 21.3. The van der Waals surface area contributed by atoms with E-state index in [-0.39, 0.29) is 67.0 Å². The van der Waals surface area contributed by atoms with E-state index in [1.54, 1.807) is 12.1 Å². The van der Waals surface area contributed by atoms with Crippen molar-refractivity contribution in [3.63, 3.8) is 0 Å². The zero-order chi connectivity index (χ0) is 41.7. The second-order valence-corrected chi connectivity index (χ2v) is 15.5. The molecule has 1 aliphatic rings. The van der Waals surface area contributed by atoms with Crippen LogP contribution in [0, 0.1) is 11.1 Å².